The van der Waals surface area contributed by atoms with Gasteiger partial charge in [0.05, 0.1) is 18.9 Å². The van der Waals surface area contributed by atoms with E-state index in [-0.39, 0.29) is 6.61 Å². The van der Waals surface area contributed by atoms with Gasteiger partial charge < -0.3 is 19.6 Å². The molecule has 0 aliphatic rings. The molecule has 5 nitrogen and oxygen atoms in total. The van der Waals surface area contributed by atoms with E-state index in [0.29, 0.717) is 6.61 Å². The maximum absolute atomic E-state index is 10.7. The summed E-state index contributed by atoms with van der Waals surface area (Å²) in [5.74, 6) is 0. The second-order valence-electron chi connectivity index (χ2n) is 7.88. The lowest BCUT2D eigenvalue weighted by molar-refractivity contribution is 0.0438. The van der Waals surface area contributed by atoms with Crippen LogP contribution in [-0.4, -0.2) is 40.4 Å². The van der Waals surface area contributed by atoms with Crippen molar-refractivity contribution in [2.75, 3.05) is 19.4 Å². The Morgan fingerprint density at radius 1 is 0.704 bits per heavy atom. The van der Waals surface area contributed by atoms with E-state index in [1.165, 1.54) is 89.9 Å². The van der Waals surface area contributed by atoms with Crippen molar-refractivity contribution in [3.63, 3.8) is 0 Å². The summed E-state index contributed by atoms with van der Waals surface area (Å²) >= 11 is 0. The van der Waals surface area contributed by atoms with E-state index in [0.717, 1.165) is 12.8 Å². The van der Waals surface area contributed by atoms with E-state index in [1.807, 2.05) is 0 Å². The van der Waals surface area contributed by atoms with E-state index in [9.17, 15) is 9.67 Å². The molecule has 3 N–H and O–H groups in total. The summed E-state index contributed by atoms with van der Waals surface area (Å²) in [6, 6.07) is 0. The van der Waals surface area contributed by atoms with Gasteiger partial charge in [-0.25, -0.2) is 0 Å². The second kappa shape index (κ2) is 19.4. The van der Waals surface area contributed by atoms with Crippen LogP contribution in [0, 0.1) is 0 Å². The fourth-order valence-corrected chi connectivity index (χ4v) is 3.95. The van der Waals surface area contributed by atoms with E-state index >= 15 is 0 Å². The third-order valence-electron chi connectivity index (χ3n) is 4.90. The van der Waals surface area contributed by atoms with Gasteiger partial charge in [0, 0.05) is 6.61 Å². The number of aliphatic hydroxyl groups excluding tert-OH is 1. The summed E-state index contributed by atoms with van der Waals surface area (Å²) < 4.78 is 16.0. The zero-order valence-corrected chi connectivity index (χ0v) is 18.5. The summed E-state index contributed by atoms with van der Waals surface area (Å²) in [5, 5.41) is 9.40. The Balaban J connectivity index is 3.12. The van der Waals surface area contributed by atoms with Crippen molar-refractivity contribution in [1.29, 1.82) is 0 Å². The van der Waals surface area contributed by atoms with Crippen LogP contribution in [0.3, 0.4) is 0 Å². The van der Waals surface area contributed by atoms with Crippen LogP contribution in [0.1, 0.15) is 110 Å². The van der Waals surface area contributed by atoms with Crippen LogP contribution in [0.25, 0.3) is 0 Å². The highest BCUT2D eigenvalue weighted by Crippen LogP contribution is 2.34. The Morgan fingerprint density at radius 3 is 1.44 bits per heavy atom. The molecule has 0 amide bonds. The first-order chi connectivity index (χ1) is 13.0. The number of hydrogen-bond donors (Lipinski definition) is 3. The number of ether oxygens (including phenoxy) is 1. The summed E-state index contributed by atoms with van der Waals surface area (Å²) in [5.41, 5.74) is 0. The number of unbranched alkanes of at least 4 members (excludes halogenated alkanes) is 15. The fourth-order valence-electron chi connectivity index (χ4n) is 3.30. The molecule has 164 valence electrons. The summed E-state index contributed by atoms with van der Waals surface area (Å²) in [6.45, 7) is 2.82. The summed E-state index contributed by atoms with van der Waals surface area (Å²) in [6.07, 6.45) is 19.6. The summed E-state index contributed by atoms with van der Waals surface area (Å²) in [4.78, 5) is 17.5. The number of aliphatic hydroxyl groups is 1. The second-order valence-corrected chi connectivity index (χ2v) is 9.57. The molecule has 0 saturated heterocycles. The topological polar surface area (TPSA) is 87.0 Å². The van der Waals surface area contributed by atoms with Gasteiger partial charge in [-0.2, -0.15) is 0 Å². The van der Waals surface area contributed by atoms with Crippen LogP contribution < -0.4 is 0 Å². The van der Waals surface area contributed by atoms with Gasteiger partial charge in [0.2, 0.25) is 0 Å². The van der Waals surface area contributed by atoms with Crippen molar-refractivity contribution in [2.45, 2.75) is 116 Å². The lowest BCUT2D eigenvalue weighted by Crippen LogP contribution is -2.20. The zero-order valence-electron chi connectivity index (χ0n) is 17.6. The Labute approximate surface area is 167 Å². The molecule has 6 heteroatoms. The van der Waals surface area contributed by atoms with Crippen LogP contribution in [0.2, 0.25) is 0 Å². The molecule has 0 aromatic rings. The van der Waals surface area contributed by atoms with E-state index in [2.05, 4.69) is 6.92 Å². The third-order valence-corrected chi connectivity index (χ3v) is 5.80. The van der Waals surface area contributed by atoms with Crippen molar-refractivity contribution in [3.05, 3.63) is 0 Å². The maximum atomic E-state index is 10.7. The highest BCUT2D eigenvalue weighted by atomic mass is 31.2. The standard InChI is InChI=1S/C21H45O5P/c1-2-3-4-5-6-7-8-9-10-11-12-13-14-15-16-17-18-26-19-21(22)20-27(23,24)25/h21-22H,2-20H2,1H3,(H2,23,24,25). The average molecular weight is 409 g/mol. The van der Waals surface area contributed by atoms with Gasteiger partial charge in [0.15, 0.2) is 0 Å². The predicted octanol–water partition coefficient (Wildman–Crippen LogP) is 5.80. The Kier molecular flexibility index (Phi) is 19.4. The molecule has 0 aromatic carbocycles. The molecule has 0 aliphatic heterocycles. The molecule has 0 spiro atoms. The van der Waals surface area contributed by atoms with Gasteiger partial charge in [0.25, 0.3) is 0 Å². The monoisotopic (exact) mass is 408 g/mol. The molecular formula is C21H45O5P. The molecule has 0 aliphatic carbocycles. The van der Waals surface area contributed by atoms with Crippen molar-refractivity contribution in [3.8, 4) is 0 Å². The van der Waals surface area contributed by atoms with Crippen LogP contribution in [0.15, 0.2) is 0 Å². The highest BCUT2D eigenvalue weighted by Gasteiger charge is 2.19. The normalized spacial score (nSPS) is 13.2. The van der Waals surface area contributed by atoms with Crippen molar-refractivity contribution in [2.24, 2.45) is 0 Å². The molecule has 0 bridgehead atoms. The molecule has 0 heterocycles. The van der Waals surface area contributed by atoms with Gasteiger partial charge in [-0.1, -0.05) is 103 Å². The van der Waals surface area contributed by atoms with Crippen molar-refractivity contribution in [1.82, 2.24) is 0 Å². The average Bonchev–Trinajstić information content (AvgIpc) is 2.59. The lowest BCUT2D eigenvalue weighted by Gasteiger charge is -2.11. The molecule has 0 fully saturated rings. The number of hydrogen-bond acceptors (Lipinski definition) is 3. The van der Waals surface area contributed by atoms with Gasteiger partial charge in [0.1, 0.15) is 0 Å². The van der Waals surface area contributed by atoms with Crippen LogP contribution in [0.4, 0.5) is 0 Å². The Morgan fingerprint density at radius 2 is 1.07 bits per heavy atom. The predicted molar refractivity (Wildman–Crippen MR) is 113 cm³/mol. The lowest BCUT2D eigenvalue weighted by atomic mass is 10.0. The maximum Gasteiger partial charge on any atom is 0.328 e. The molecule has 27 heavy (non-hydrogen) atoms. The third kappa shape index (κ3) is 24.0. The molecule has 0 saturated carbocycles. The van der Waals surface area contributed by atoms with Crippen LogP contribution >= 0.6 is 7.60 Å². The van der Waals surface area contributed by atoms with Crippen molar-refractivity contribution >= 4 is 7.60 Å². The molecule has 0 aromatic heterocycles. The minimum absolute atomic E-state index is 0.00382. The first-order valence-corrected chi connectivity index (χ1v) is 13.1. The number of rotatable bonds is 21. The van der Waals surface area contributed by atoms with Gasteiger partial charge in [-0.3, -0.25) is 4.57 Å². The molecule has 1 unspecified atom stereocenters. The van der Waals surface area contributed by atoms with Crippen LogP contribution in [0.5, 0.6) is 0 Å². The first kappa shape index (κ1) is 27.1. The quantitative estimate of drug-likeness (QED) is 0.165. The van der Waals surface area contributed by atoms with Gasteiger partial charge >= 0.3 is 7.60 Å². The van der Waals surface area contributed by atoms with Gasteiger partial charge in [-0.05, 0) is 6.42 Å². The van der Waals surface area contributed by atoms with E-state index in [1.54, 1.807) is 0 Å². The van der Waals surface area contributed by atoms with E-state index in [4.69, 9.17) is 14.5 Å². The fraction of sp³-hybridized carbons (Fsp3) is 1.00. The molecular weight excluding hydrogens is 363 g/mol. The minimum atomic E-state index is -4.15. The first-order valence-electron chi connectivity index (χ1n) is 11.3. The largest absolute Gasteiger partial charge is 0.390 e. The zero-order chi connectivity index (χ0) is 20.2. The highest BCUT2D eigenvalue weighted by molar-refractivity contribution is 7.51. The summed E-state index contributed by atoms with van der Waals surface area (Å²) in [7, 11) is -4.15. The Bertz CT molecular complexity index is 345. The van der Waals surface area contributed by atoms with E-state index < -0.39 is 19.9 Å². The van der Waals surface area contributed by atoms with Crippen LogP contribution in [-0.2, 0) is 9.30 Å². The van der Waals surface area contributed by atoms with Crippen molar-refractivity contribution < 1.29 is 24.2 Å². The molecule has 0 radical (unpaired) electrons. The van der Waals surface area contributed by atoms with Gasteiger partial charge in [-0.15, -0.1) is 0 Å². The smallest absolute Gasteiger partial charge is 0.328 e. The molecule has 1 atom stereocenters. The minimum Gasteiger partial charge on any atom is -0.390 e. The Hall–Kier alpha value is 0.0700. The SMILES string of the molecule is CCCCCCCCCCCCCCCCCCOCC(O)CP(=O)(O)O. The molecule has 0 rings (SSSR count).